The summed E-state index contributed by atoms with van der Waals surface area (Å²) in [4.78, 5) is 10.8. The fourth-order valence-corrected chi connectivity index (χ4v) is 2.42. The molecule has 0 aliphatic carbocycles. The molecule has 5 nitrogen and oxygen atoms in total. The number of aromatic nitrogens is 2. The molecule has 102 valence electrons. The normalized spacial score (nSPS) is 11.2. The van der Waals surface area contributed by atoms with Gasteiger partial charge >= 0.3 is 5.97 Å². The van der Waals surface area contributed by atoms with E-state index in [1.807, 2.05) is 25.2 Å². The second-order valence-corrected chi connectivity index (χ2v) is 4.88. The molecule has 0 aliphatic rings. The molecule has 5 heteroatoms. The minimum Gasteiger partial charge on any atom is -0.475 e. The van der Waals surface area contributed by atoms with Gasteiger partial charge in [0.1, 0.15) is 5.69 Å². The summed E-state index contributed by atoms with van der Waals surface area (Å²) < 4.78 is 6.91. The van der Waals surface area contributed by atoms with Crippen LogP contribution < -0.4 is 0 Å². The first kappa shape index (κ1) is 12.5. The smallest absolute Gasteiger partial charge is 0.374 e. The Kier molecular flexibility index (Phi) is 2.64. The van der Waals surface area contributed by atoms with Crippen LogP contribution >= 0.6 is 0 Å². The summed E-state index contributed by atoms with van der Waals surface area (Å²) in [7, 11) is 2.01. The molecule has 0 aliphatic heterocycles. The standard InChI is InChI=1S/C15H14N2O3/c1-8-9(2)17(3)13-6-10(4-5-11(8)13)12-7-14(15(18)19)20-16-12/h4-7H,1-3H3,(H,18,19). The van der Waals surface area contributed by atoms with Crippen molar-refractivity contribution >= 4 is 16.9 Å². The van der Waals surface area contributed by atoms with Crippen LogP contribution in [0.3, 0.4) is 0 Å². The predicted molar refractivity (Wildman–Crippen MR) is 74.8 cm³/mol. The maximum atomic E-state index is 10.8. The lowest BCUT2D eigenvalue weighted by atomic mass is 10.1. The van der Waals surface area contributed by atoms with Crippen LogP contribution in [0.1, 0.15) is 21.8 Å². The average molecular weight is 270 g/mol. The molecule has 2 aromatic heterocycles. The molecule has 0 radical (unpaired) electrons. The van der Waals surface area contributed by atoms with Crippen LogP contribution in [-0.4, -0.2) is 20.8 Å². The van der Waals surface area contributed by atoms with Gasteiger partial charge in [-0.2, -0.15) is 0 Å². The summed E-state index contributed by atoms with van der Waals surface area (Å²) >= 11 is 0. The number of fused-ring (bicyclic) bond motifs is 1. The Morgan fingerprint density at radius 1 is 1.30 bits per heavy atom. The van der Waals surface area contributed by atoms with Crippen LogP contribution in [0.15, 0.2) is 28.8 Å². The second kappa shape index (κ2) is 4.23. The van der Waals surface area contributed by atoms with E-state index in [0.717, 1.165) is 11.1 Å². The van der Waals surface area contributed by atoms with Crippen LogP contribution in [0.5, 0.6) is 0 Å². The van der Waals surface area contributed by atoms with Gasteiger partial charge in [-0.05, 0) is 25.5 Å². The highest BCUT2D eigenvalue weighted by Crippen LogP contribution is 2.29. The molecule has 0 amide bonds. The number of carbonyl (C=O) groups is 1. The van der Waals surface area contributed by atoms with Crippen molar-refractivity contribution in [2.24, 2.45) is 7.05 Å². The zero-order valence-electron chi connectivity index (χ0n) is 11.5. The third-order valence-corrected chi connectivity index (χ3v) is 3.83. The van der Waals surface area contributed by atoms with Gasteiger partial charge in [-0.1, -0.05) is 17.3 Å². The minimum absolute atomic E-state index is 0.153. The van der Waals surface area contributed by atoms with Crippen molar-refractivity contribution in [1.29, 1.82) is 0 Å². The molecule has 20 heavy (non-hydrogen) atoms. The Balaban J connectivity index is 2.17. The zero-order valence-corrected chi connectivity index (χ0v) is 11.5. The summed E-state index contributed by atoms with van der Waals surface area (Å²) in [5, 5.41) is 13.9. The minimum atomic E-state index is -1.12. The van der Waals surface area contributed by atoms with E-state index < -0.39 is 5.97 Å². The van der Waals surface area contributed by atoms with E-state index in [1.54, 1.807) is 0 Å². The summed E-state index contributed by atoms with van der Waals surface area (Å²) in [6.45, 7) is 4.17. The van der Waals surface area contributed by atoms with E-state index in [-0.39, 0.29) is 5.76 Å². The lowest BCUT2D eigenvalue weighted by Gasteiger charge is -2.00. The predicted octanol–water partition coefficient (Wildman–Crippen LogP) is 3.15. The summed E-state index contributed by atoms with van der Waals surface area (Å²) in [5.41, 5.74) is 4.93. The molecule has 2 heterocycles. The van der Waals surface area contributed by atoms with Crippen molar-refractivity contribution in [1.82, 2.24) is 9.72 Å². The Morgan fingerprint density at radius 2 is 2.05 bits per heavy atom. The van der Waals surface area contributed by atoms with Crippen LogP contribution in [0.4, 0.5) is 0 Å². The molecule has 0 atom stereocenters. The first-order valence-electron chi connectivity index (χ1n) is 6.25. The number of aromatic carboxylic acids is 1. The SMILES string of the molecule is Cc1c(C)n(C)c2cc(-c3cc(C(=O)O)on3)ccc12. The first-order chi connectivity index (χ1) is 9.49. The Bertz CT molecular complexity index is 827. The van der Waals surface area contributed by atoms with Crippen molar-refractivity contribution < 1.29 is 14.4 Å². The van der Waals surface area contributed by atoms with Gasteiger partial charge in [0.25, 0.3) is 0 Å². The fraction of sp³-hybridized carbons (Fsp3) is 0.200. The Hall–Kier alpha value is -2.56. The van der Waals surface area contributed by atoms with Crippen LogP contribution in [0.25, 0.3) is 22.2 Å². The largest absolute Gasteiger partial charge is 0.475 e. The lowest BCUT2D eigenvalue weighted by Crippen LogP contribution is -1.91. The quantitative estimate of drug-likeness (QED) is 0.776. The number of carboxylic acids is 1. The number of rotatable bonds is 2. The van der Waals surface area contributed by atoms with Crippen LogP contribution in [0, 0.1) is 13.8 Å². The van der Waals surface area contributed by atoms with Gasteiger partial charge in [0.05, 0.1) is 0 Å². The summed E-state index contributed by atoms with van der Waals surface area (Å²) in [6, 6.07) is 7.39. The number of nitrogens with zero attached hydrogens (tertiary/aromatic N) is 2. The topological polar surface area (TPSA) is 68.3 Å². The monoisotopic (exact) mass is 270 g/mol. The molecule has 3 aromatic rings. The average Bonchev–Trinajstić information content (AvgIpc) is 3.00. The van der Waals surface area contributed by atoms with E-state index in [9.17, 15) is 4.79 Å². The number of carboxylic acid groups (broad SMARTS) is 1. The van der Waals surface area contributed by atoms with Gasteiger partial charge < -0.3 is 14.2 Å². The Labute approximate surface area is 115 Å². The van der Waals surface area contributed by atoms with E-state index in [4.69, 9.17) is 9.63 Å². The molecular weight excluding hydrogens is 256 g/mol. The molecular formula is C15H14N2O3. The van der Waals surface area contributed by atoms with Crippen molar-refractivity contribution in [2.75, 3.05) is 0 Å². The number of benzene rings is 1. The first-order valence-corrected chi connectivity index (χ1v) is 6.25. The molecule has 0 bridgehead atoms. The summed E-state index contributed by atoms with van der Waals surface area (Å²) in [6.07, 6.45) is 0. The van der Waals surface area contributed by atoms with Gasteiger partial charge in [-0.15, -0.1) is 0 Å². The van der Waals surface area contributed by atoms with Gasteiger partial charge in [-0.25, -0.2) is 4.79 Å². The molecule has 0 saturated heterocycles. The van der Waals surface area contributed by atoms with Gasteiger partial charge in [0, 0.05) is 35.3 Å². The summed E-state index contributed by atoms with van der Waals surface area (Å²) in [5.74, 6) is -1.27. The molecule has 0 fully saturated rings. The van der Waals surface area contributed by atoms with E-state index in [1.165, 1.54) is 22.7 Å². The highest BCUT2D eigenvalue weighted by Gasteiger charge is 2.14. The van der Waals surface area contributed by atoms with Crippen molar-refractivity contribution in [3.05, 3.63) is 41.3 Å². The van der Waals surface area contributed by atoms with Gasteiger partial charge in [0.15, 0.2) is 0 Å². The van der Waals surface area contributed by atoms with Crippen molar-refractivity contribution in [2.45, 2.75) is 13.8 Å². The highest BCUT2D eigenvalue weighted by molar-refractivity contribution is 5.90. The van der Waals surface area contributed by atoms with Gasteiger partial charge in [-0.3, -0.25) is 0 Å². The molecule has 0 spiro atoms. The van der Waals surface area contributed by atoms with Crippen molar-refractivity contribution in [3.8, 4) is 11.3 Å². The maximum absolute atomic E-state index is 10.8. The van der Waals surface area contributed by atoms with Gasteiger partial charge in [0.2, 0.25) is 5.76 Å². The fourth-order valence-electron chi connectivity index (χ4n) is 2.42. The van der Waals surface area contributed by atoms with E-state index >= 15 is 0 Å². The number of aryl methyl sites for hydroxylation is 2. The molecule has 1 N–H and O–H groups in total. The molecule has 3 rings (SSSR count). The van der Waals surface area contributed by atoms with Crippen LogP contribution in [0.2, 0.25) is 0 Å². The molecule has 1 aromatic carbocycles. The second-order valence-electron chi connectivity index (χ2n) is 4.88. The third-order valence-electron chi connectivity index (χ3n) is 3.83. The Morgan fingerprint density at radius 3 is 2.70 bits per heavy atom. The van der Waals surface area contributed by atoms with Crippen LogP contribution in [-0.2, 0) is 7.05 Å². The van der Waals surface area contributed by atoms with E-state index in [2.05, 4.69) is 23.6 Å². The highest BCUT2D eigenvalue weighted by atomic mass is 16.5. The number of hydrogen-bond acceptors (Lipinski definition) is 3. The number of hydrogen-bond donors (Lipinski definition) is 1. The van der Waals surface area contributed by atoms with Crippen molar-refractivity contribution in [3.63, 3.8) is 0 Å². The molecule has 0 unspecified atom stereocenters. The zero-order chi connectivity index (χ0) is 14.4. The van der Waals surface area contributed by atoms with E-state index in [0.29, 0.717) is 5.69 Å². The molecule has 0 saturated carbocycles. The lowest BCUT2D eigenvalue weighted by molar-refractivity contribution is 0.0652. The maximum Gasteiger partial charge on any atom is 0.374 e. The third kappa shape index (κ3) is 1.71.